The van der Waals surface area contributed by atoms with Crippen LogP contribution in [0.3, 0.4) is 0 Å². The predicted octanol–water partition coefficient (Wildman–Crippen LogP) is 4.72. The standard InChI is InChI=1S/C20H14ClN5/c1-13-18-19-14(12-23-25(19)17-9-7-15(21)8-10-17)11-22-20(18)26(24-13)16-5-3-2-4-6-16/h2-12H,1H3. The monoisotopic (exact) mass is 359 g/mol. The van der Waals surface area contributed by atoms with Crippen LogP contribution in [0.15, 0.2) is 67.0 Å². The molecule has 2 aromatic carbocycles. The van der Waals surface area contributed by atoms with Gasteiger partial charge in [-0.3, -0.25) is 0 Å². The van der Waals surface area contributed by atoms with Crippen LogP contribution < -0.4 is 0 Å². The molecule has 0 aliphatic heterocycles. The molecule has 0 bridgehead atoms. The lowest BCUT2D eigenvalue weighted by Gasteiger charge is -2.05. The second kappa shape index (κ2) is 5.68. The fourth-order valence-corrected chi connectivity index (χ4v) is 3.40. The summed E-state index contributed by atoms with van der Waals surface area (Å²) < 4.78 is 3.79. The Hall–Kier alpha value is -3.18. The summed E-state index contributed by atoms with van der Waals surface area (Å²) in [6.45, 7) is 2.00. The molecule has 0 amide bonds. The first kappa shape index (κ1) is 15.1. The number of hydrogen-bond donors (Lipinski definition) is 0. The minimum Gasteiger partial charge on any atom is -0.236 e. The van der Waals surface area contributed by atoms with Crippen LogP contribution in [0.4, 0.5) is 0 Å². The molecule has 0 radical (unpaired) electrons. The molecule has 0 N–H and O–H groups in total. The van der Waals surface area contributed by atoms with Crippen LogP contribution >= 0.6 is 11.6 Å². The number of nitrogens with zero attached hydrogens (tertiary/aromatic N) is 5. The maximum absolute atomic E-state index is 6.03. The van der Waals surface area contributed by atoms with Gasteiger partial charge in [0.15, 0.2) is 5.65 Å². The lowest BCUT2D eigenvalue weighted by atomic mass is 10.2. The Balaban J connectivity index is 1.84. The molecule has 26 heavy (non-hydrogen) atoms. The number of aryl methyl sites for hydroxylation is 1. The summed E-state index contributed by atoms with van der Waals surface area (Å²) in [5, 5.41) is 12.0. The molecule has 0 atom stereocenters. The van der Waals surface area contributed by atoms with Crippen LogP contribution in [0.25, 0.3) is 33.3 Å². The molecular weight excluding hydrogens is 346 g/mol. The number of aromatic nitrogens is 5. The number of para-hydroxylation sites is 1. The third-order valence-corrected chi connectivity index (χ3v) is 4.72. The van der Waals surface area contributed by atoms with Gasteiger partial charge in [-0.2, -0.15) is 10.2 Å². The van der Waals surface area contributed by atoms with Gasteiger partial charge in [0.2, 0.25) is 0 Å². The molecule has 3 aromatic heterocycles. The highest BCUT2D eigenvalue weighted by molar-refractivity contribution is 6.30. The number of rotatable bonds is 2. The van der Waals surface area contributed by atoms with Crippen LogP contribution in [-0.4, -0.2) is 24.5 Å². The summed E-state index contributed by atoms with van der Waals surface area (Å²) in [5.41, 5.74) is 4.66. The van der Waals surface area contributed by atoms with Crippen molar-refractivity contribution in [1.29, 1.82) is 0 Å². The first-order valence-corrected chi connectivity index (χ1v) is 8.63. The second-order valence-electron chi connectivity index (χ2n) is 6.13. The van der Waals surface area contributed by atoms with Gasteiger partial charge in [0.25, 0.3) is 0 Å². The summed E-state index contributed by atoms with van der Waals surface area (Å²) in [6.07, 6.45) is 3.67. The minimum atomic E-state index is 0.699. The van der Waals surface area contributed by atoms with Gasteiger partial charge in [0, 0.05) is 16.6 Å². The highest BCUT2D eigenvalue weighted by atomic mass is 35.5. The van der Waals surface area contributed by atoms with Crippen molar-refractivity contribution in [1.82, 2.24) is 24.5 Å². The van der Waals surface area contributed by atoms with E-state index in [9.17, 15) is 0 Å². The molecular formula is C20H14ClN5. The van der Waals surface area contributed by atoms with Gasteiger partial charge in [-0.25, -0.2) is 14.3 Å². The van der Waals surface area contributed by atoms with Crippen molar-refractivity contribution in [3.8, 4) is 11.4 Å². The third-order valence-electron chi connectivity index (χ3n) is 4.47. The van der Waals surface area contributed by atoms with Gasteiger partial charge in [0.05, 0.1) is 34.2 Å². The van der Waals surface area contributed by atoms with Crippen LogP contribution in [0.1, 0.15) is 5.69 Å². The second-order valence-corrected chi connectivity index (χ2v) is 6.56. The fraction of sp³-hybridized carbons (Fsp3) is 0.0500. The Morgan fingerprint density at radius 1 is 0.846 bits per heavy atom. The summed E-state index contributed by atoms with van der Waals surface area (Å²) in [6, 6.07) is 17.7. The Morgan fingerprint density at radius 3 is 2.35 bits per heavy atom. The number of hydrogen-bond acceptors (Lipinski definition) is 3. The van der Waals surface area contributed by atoms with E-state index in [1.165, 1.54) is 0 Å². The maximum atomic E-state index is 6.03. The molecule has 3 heterocycles. The topological polar surface area (TPSA) is 48.5 Å². The molecule has 0 spiro atoms. The molecule has 0 saturated carbocycles. The predicted molar refractivity (Wildman–Crippen MR) is 103 cm³/mol. The van der Waals surface area contributed by atoms with Crippen LogP contribution in [-0.2, 0) is 0 Å². The zero-order chi connectivity index (χ0) is 17.7. The number of halogens is 1. The summed E-state index contributed by atoms with van der Waals surface area (Å²) >= 11 is 6.03. The van der Waals surface area contributed by atoms with E-state index in [-0.39, 0.29) is 0 Å². The Labute approximate surface area is 154 Å². The van der Waals surface area contributed by atoms with Crippen LogP contribution in [0, 0.1) is 6.92 Å². The number of fused-ring (bicyclic) bond motifs is 3. The SMILES string of the molecule is Cc1nn(-c2ccccc2)c2ncc3cnn(-c4ccc(Cl)cc4)c3c12. The van der Waals surface area contributed by atoms with Gasteiger partial charge in [-0.15, -0.1) is 0 Å². The molecule has 0 aliphatic rings. The van der Waals surface area contributed by atoms with Gasteiger partial charge in [-0.1, -0.05) is 29.8 Å². The molecule has 126 valence electrons. The molecule has 0 saturated heterocycles. The largest absolute Gasteiger partial charge is 0.236 e. The van der Waals surface area contributed by atoms with Gasteiger partial charge < -0.3 is 0 Å². The van der Waals surface area contributed by atoms with Crippen molar-refractivity contribution < 1.29 is 0 Å². The van der Waals surface area contributed by atoms with E-state index in [2.05, 4.69) is 10.1 Å². The van der Waals surface area contributed by atoms with Crippen molar-refractivity contribution in [2.24, 2.45) is 0 Å². The van der Waals surface area contributed by atoms with E-state index in [1.807, 2.05) is 83.3 Å². The Morgan fingerprint density at radius 2 is 1.58 bits per heavy atom. The summed E-state index contributed by atoms with van der Waals surface area (Å²) in [4.78, 5) is 4.65. The van der Waals surface area contributed by atoms with Crippen molar-refractivity contribution >= 4 is 33.5 Å². The van der Waals surface area contributed by atoms with E-state index in [4.69, 9.17) is 16.7 Å². The van der Waals surface area contributed by atoms with Crippen molar-refractivity contribution in [2.45, 2.75) is 6.92 Å². The van der Waals surface area contributed by atoms with Gasteiger partial charge >= 0.3 is 0 Å². The maximum Gasteiger partial charge on any atom is 0.165 e. The van der Waals surface area contributed by atoms with Crippen molar-refractivity contribution in [3.63, 3.8) is 0 Å². The van der Waals surface area contributed by atoms with E-state index < -0.39 is 0 Å². The molecule has 0 fully saturated rings. The molecule has 0 aliphatic carbocycles. The average molecular weight is 360 g/mol. The quantitative estimate of drug-likeness (QED) is 0.458. The van der Waals surface area contributed by atoms with Gasteiger partial charge in [0.1, 0.15) is 0 Å². The minimum absolute atomic E-state index is 0.699. The highest BCUT2D eigenvalue weighted by Crippen LogP contribution is 2.29. The van der Waals surface area contributed by atoms with Crippen molar-refractivity contribution in [3.05, 3.63) is 77.7 Å². The van der Waals surface area contributed by atoms with Crippen LogP contribution in [0.5, 0.6) is 0 Å². The zero-order valence-corrected chi connectivity index (χ0v) is 14.7. The first-order valence-electron chi connectivity index (χ1n) is 8.26. The molecule has 0 unspecified atom stereocenters. The smallest absolute Gasteiger partial charge is 0.165 e. The number of benzene rings is 2. The normalized spacial score (nSPS) is 11.5. The highest BCUT2D eigenvalue weighted by Gasteiger charge is 2.17. The van der Waals surface area contributed by atoms with Gasteiger partial charge in [-0.05, 0) is 43.3 Å². The first-order chi connectivity index (χ1) is 12.7. The Bertz CT molecular complexity index is 1240. The Kier molecular flexibility index (Phi) is 3.30. The summed E-state index contributed by atoms with van der Waals surface area (Å²) in [7, 11) is 0. The van der Waals surface area contributed by atoms with Crippen LogP contribution in [0.2, 0.25) is 5.02 Å². The number of pyridine rings is 1. The molecule has 5 nitrogen and oxygen atoms in total. The van der Waals surface area contributed by atoms with E-state index in [0.29, 0.717) is 5.02 Å². The molecule has 5 rings (SSSR count). The molecule has 5 aromatic rings. The fourth-order valence-electron chi connectivity index (χ4n) is 3.28. The van der Waals surface area contributed by atoms with E-state index >= 15 is 0 Å². The zero-order valence-electron chi connectivity index (χ0n) is 14.0. The summed E-state index contributed by atoms with van der Waals surface area (Å²) in [5.74, 6) is 0. The third kappa shape index (κ3) is 2.21. The van der Waals surface area contributed by atoms with Crippen molar-refractivity contribution in [2.75, 3.05) is 0 Å². The average Bonchev–Trinajstić information content (AvgIpc) is 3.24. The van der Waals surface area contributed by atoms with E-state index in [1.54, 1.807) is 0 Å². The van der Waals surface area contributed by atoms with E-state index in [0.717, 1.165) is 39.0 Å². The lowest BCUT2D eigenvalue weighted by Crippen LogP contribution is -1.98. The molecule has 6 heteroatoms. The lowest BCUT2D eigenvalue weighted by molar-refractivity contribution is 0.878.